The summed E-state index contributed by atoms with van der Waals surface area (Å²) >= 11 is 0. The highest BCUT2D eigenvalue weighted by atomic mass is 16.5. The number of allylic oxidation sites excluding steroid dienone is 1. The number of imidazole rings is 1. The Morgan fingerprint density at radius 3 is 2.63 bits per heavy atom. The summed E-state index contributed by atoms with van der Waals surface area (Å²) in [7, 11) is 0. The molecule has 0 amide bonds. The van der Waals surface area contributed by atoms with E-state index in [1.54, 1.807) is 18.2 Å². The summed E-state index contributed by atoms with van der Waals surface area (Å²) < 4.78 is 10.4. The Balaban J connectivity index is 1.56. The van der Waals surface area contributed by atoms with Crippen LogP contribution in [0.1, 0.15) is 12.2 Å². The third kappa shape index (κ3) is 4.64. The zero-order chi connectivity index (χ0) is 19.1. The second-order valence-electron chi connectivity index (χ2n) is 5.61. The zero-order valence-corrected chi connectivity index (χ0v) is 14.4. The van der Waals surface area contributed by atoms with Crippen LogP contribution in [0.2, 0.25) is 0 Å². The summed E-state index contributed by atoms with van der Waals surface area (Å²) in [4.78, 5) is 19.0. The fraction of sp³-hybridized carbons (Fsp3) is 0.150. The number of carbonyl (C=O) groups is 1. The van der Waals surface area contributed by atoms with Gasteiger partial charge in [0.1, 0.15) is 24.0 Å². The third-order valence-electron chi connectivity index (χ3n) is 3.71. The predicted octanol–water partition coefficient (Wildman–Crippen LogP) is 3.37. The summed E-state index contributed by atoms with van der Waals surface area (Å²) in [5.74, 6) is -0.0300. The van der Waals surface area contributed by atoms with Crippen molar-refractivity contribution in [3.8, 4) is 11.8 Å². The Kier molecular flexibility index (Phi) is 5.70. The molecule has 3 aromatic rings. The molecule has 136 valence electrons. The predicted molar refractivity (Wildman–Crippen MR) is 98.8 cm³/mol. The number of aliphatic hydroxyl groups excluding tert-OH is 1. The standard InChI is InChI=1S/C20H17N3O4/c21-12-15(20-22-16-8-4-5-9-17(16)23-20)18(24)13-27-19(25)10-11-26-14-6-2-1-3-7-14/h1-9,24H,10-11,13H2,(H,22,23)/b18-15-. The van der Waals surface area contributed by atoms with Crippen molar-refractivity contribution in [3.63, 3.8) is 0 Å². The molecule has 0 atom stereocenters. The van der Waals surface area contributed by atoms with Gasteiger partial charge >= 0.3 is 5.97 Å². The Labute approximate surface area is 155 Å². The van der Waals surface area contributed by atoms with Gasteiger partial charge in [0.05, 0.1) is 24.1 Å². The van der Waals surface area contributed by atoms with Crippen molar-refractivity contribution < 1.29 is 19.4 Å². The fourth-order valence-electron chi connectivity index (χ4n) is 2.39. The second-order valence-corrected chi connectivity index (χ2v) is 5.61. The first kappa shape index (κ1) is 18.0. The van der Waals surface area contributed by atoms with Gasteiger partial charge in [0, 0.05) is 0 Å². The minimum atomic E-state index is -0.542. The maximum Gasteiger partial charge on any atom is 0.309 e. The largest absolute Gasteiger partial charge is 0.507 e. The van der Waals surface area contributed by atoms with Crippen LogP contribution in [0.5, 0.6) is 5.75 Å². The minimum absolute atomic E-state index is 0.0225. The number of hydrogen-bond acceptors (Lipinski definition) is 6. The van der Waals surface area contributed by atoms with E-state index in [9.17, 15) is 15.2 Å². The number of H-pyrrole nitrogens is 1. The summed E-state index contributed by atoms with van der Waals surface area (Å²) in [6.07, 6.45) is 0.0225. The molecule has 1 aromatic heterocycles. The molecule has 0 saturated heterocycles. The summed E-state index contributed by atoms with van der Waals surface area (Å²) in [6, 6.07) is 18.2. The lowest BCUT2D eigenvalue weighted by Gasteiger charge is -2.07. The Morgan fingerprint density at radius 2 is 1.89 bits per heavy atom. The molecular weight excluding hydrogens is 346 g/mol. The molecule has 0 unspecified atom stereocenters. The maximum atomic E-state index is 11.8. The molecule has 27 heavy (non-hydrogen) atoms. The fourth-order valence-corrected chi connectivity index (χ4v) is 2.39. The van der Waals surface area contributed by atoms with Gasteiger partial charge in [-0.25, -0.2) is 4.98 Å². The first-order valence-electron chi connectivity index (χ1n) is 8.28. The van der Waals surface area contributed by atoms with Crippen molar-refractivity contribution in [1.29, 1.82) is 5.26 Å². The highest BCUT2D eigenvalue weighted by Gasteiger charge is 2.15. The number of rotatable bonds is 7. The number of ether oxygens (including phenoxy) is 2. The average Bonchev–Trinajstić information content (AvgIpc) is 3.11. The number of nitriles is 1. The minimum Gasteiger partial charge on any atom is -0.507 e. The number of para-hydroxylation sites is 3. The monoisotopic (exact) mass is 363 g/mol. The molecule has 7 nitrogen and oxygen atoms in total. The molecule has 0 aliphatic heterocycles. The van der Waals surface area contributed by atoms with E-state index in [4.69, 9.17) is 9.47 Å². The van der Waals surface area contributed by atoms with Gasteiger partial charge in [0.25, 0.3) is 0 Å². The number of benzene rings is 2. The lowest BCUT2D eigenvalue weighted by Crippen LogP contribution is -2.12. The van der Waals surface area contributed by atoms with Crippen molar-refractivity contribution in [1.82, 2.24) is 9.97 Å². The highest BCUT2D eigenvalue weighted by Crippen LogP contribution is 2.18. The summed E-state index contributed by atoms with van der Waals surface area (Å²) in [5, 5.41) is 19.4. The normalized spacial score (nSPS) is 11.5. The van der Waals surface area contributed by atoms with E-state index < -0.39 is 12.6 Å². The molecule has 0 fully saturated rings. The molecule has 0 radical (unpaired) electrons. The zero-order valence-electron chi connectivity index (χ0n) is 14.4. The molecule has 0 aliphatic rings. The summed E-state index contributed by atoms with van der Waals surface area (Å²) in [5.41, 5.74) is 1.34. The number of aromatic amines is 1. The molecule has 0 bridgehead atoms. The quantitative estimate of drug-likeness (QED) is 0.378. The van der Waals surface area contributed by atoms with E-state index in [1.807, 2.05) is 42.5 Å². The average molecular weight is 363 g/mol. The van der Waals surface area contributed by atoms with Crippen LogP contribution >= 0.6 is 0 Å². The van der Waals surface area contributed by atoms with Crippen molar-refractivity contribution in [3.05, 3.63) is 66.2 Å². The lowest BCUT2D eigenvalue weighted by molar-refractivity contribution is -0.143. The molecule has 0 aliphatic carbocycles. The molecule has 0 saturated carbocycles. The lowest BCUT2D eigenvalue weighted by atomic mass is 10.2. The van der Waals surface area contributed by atoms with Crippen molar-refractivity contribution in [2.75, 3.05) is 13.2 Å². The second kappa shape index (κ2) is 8.54. The van der Waals surface area contributed by atoms with Crippen LogP contribution in [0.3, 0.4) is 0 Å². The van der Waals surface area contributed by atoms with Gasteiger partial charge in [0.2, 0.25) is 0 Å². The van der Waals surface area contributed by atoms with Gasteiger partial charge in [0.15, 0.2) is 11.6 Å². The molecule has 2 aromatic carbocycles. The van der Waals surface area contributed by atoms with Gasteiger partial charge in [-0.3, -0.25) is 4.79 Å². The van der Waals surface area contributed by atoms with Crippen LogP contribution in [0, 0.1) is 11.3 Å². The molecular formula is C20H17N3O4. The van der Waals surface area contributed by atoms with Gasteiger partial charge in [-0.1, -0.05) is 30.3 Å². The van der Waals surface area contributed by atoms with Crippen LogP contribution < -0.4 is 4.74 Å². The van der Waals surface area contributed by atoms with Crippen LogP contribution in [0.25, 0.3) is 16.6 Å². The first-order chi connectivity index (χ1) is 13.2. The molecule has 2 N–H and O–H groups in total. The Morgan fingerprint density at radius 1 is 1.15 bits per heavy atom. The number of fused-ring (bicyclic) bond motifs is 1. The highest BCUT2D eigenvalue weighted by molar-refractivity contribution is 5.82. The number of esters is 1. The van der Waals surface area contributed by atoms with E-state index >= 15 is 0 Å². The number of nitrogens with one attached hydrogen (secondary N) is 1. The number of aromatic nitrogens is 2. The van der Waals surface area contributed by atoms with E-state index in [0.717, 1.165) is 5.52 Å². The number of hydrogen-bond donors (Lipinski definition) is 2. The number of carbonyl (C=O) groups excluding carboxylic acids is 1. The van der Waals surface area contributed by atoms with Gasteiger partial charge < -0.3 is 19.6 Å². The van der Waals surface area contributed by atoms with Crippen LogP contribution in [-0.2, 0) is 9.53 Å². The number of aliphatic hydroxyl groups is 1. The number of nitrogens with zero attached hydrogens (tertiary/aromatic N) is 2. The molecule has 1 heterocycles. The maximum absolute atomic E-state index is 11.8. The third-order valence-corrected chi connectivity index (χ3v) is 3.71. The first-order valence-corrected chi connectivity index (χ1v) is 8.28. The van der Waals surface area contributed by atoms with E-state index in [0.29, 0.717) is 11.3 Å². The van der Waals surface area contributed by atoms with Crippen LogP contribution in [0.15, 0.2) is 60.4 Å². The Hall–Kier alpha value is -3.79. The molecule has 7 heteroatoms. The van der Waals surface area contributed by atoms with Crippen molar-refractivity contribution in [2.45, 2.75) is 6.42 Å². The molecule has 3 rings (SSSR count). The van der Waals surface area contributed by atoms with Crippen molar-refractivity contribution in [2.24, 2.45) is 0 Å². The topological polar surface area (TPSA) is 108 Å². The molecule has 0 spiro atoms. The van der Waals surface area contributed by atoms with E-state index in [-0.39, 0.29) is 30.2 Å². The van der Waals surface area contributed by atoms with E-state index in [1.165, 1.54) is 0 Å². The Bertz CT molecular complexity index is 970. The van der Waals surface area contributed by atoms with Crippen molar-refractivity contribution >= 4 is 22.6 Å². The van der Waals surface area contributed by atoms with Crippen LogP contribution in [-0.4, -0.2) is 34.3 Å². The smallest absolute Gasteiger partial charge is 0.309 e. The van der Waals surface area contributed by atoms with Gasteiger partial charge in [-0.2, -0.15) is 5.26 Å². The van der Waals surface area contributed by atoms with Gasteiger partial charge in [-0.05, 0) is 24.3 Å². The summed E-state index contributed by atoms with van der Waals surface area (Å²) in [6.45, 7) is -0.258. The van der Waals surface area contributed by atoms with Crippen LogP contribution in [0.4, 0.5) is 0 Å². The van der Waals surface area contributed by atoms with Gasteiger partial charge in [-0.15, -0.1) is 0 Å². The van der Waals surface area contributed by atoms with E-state index in [2.05, 4.69) is 9.97 Å². The SMILES string of the molecule is N#C/C(=C(/O)COC(=O)CCOc1ccccc1)c1nc2ccccc2[nH]1.